The summed E-state index contributed by atoms with van der Waals surface area (Å²) in [5.74, 6) is -0.866. The molecule has 0 radical (unpaired) electrons. The minimum Gasteiger partial charge on any atom is -0.450 e. The molecule has 230 valence electrons. The molecule has 10 heteroatoms. The molecule has 0 aromatic rings. The Hall–Kier alpha value is -2.62. The van der Waals surface area contributed by atoms with Gasteiger partial charge in [-0.2, -0.15) is 0 Å². The molecule has 1 fully saturated rings. The molecule has 4 amide bonds. The highest BCUT2D eigenvalue weighted by Crippen LogP contribution is 2.27. The zero-order valence-electron chi connectivity index (χ0n) is 25.2. The number of amides is 4. The minimum atomic E-state index is -0.786. The maximum absolute atomic E-state index is 13.5. The second-order valence-electron chi connectivity index (χ2n) is 11.4. The molecule has 0 unspecified atom stereocenters. The maximum Gasteiger partial charge on any atom is 0.407 e. The van der Waals surface area contributed by atoms with Crippen molar-refractivity contribution < 1.29 is 23.9 Å². The topological polar surface area (TPSA) is 166 Å². The Labute approximate surface area is 241 Å². The first kappa shape index (κ1) is 35.4. The molecular weight excluding hydrogens is 510 g/mol. The monoisotopic (exact) mass is 565 g/mol. The largest absolute Gasteiger partial charge is 0.450 e. The average molecular weight is 566 g/mol. The van der Waals surface area contributed by atoms with E-state index in [1.165, 1.54) is 6.42 Å². The van der Waals surface area contributed by atoms with Gasteiger partial charge in [-0.25, -0.2) is 4.79 Å². The van der Waals surface area contributed by atoms with Gasteiger partial charge >= 0.3 is 6.09 Å². The van der Waals surface area contributed by atoms with Gasteiger partial charge in [0.25, 0.3) is 0 Å². The van der Waals surface area contributed by atoms with Gasteiger partial charge in [0, 0.05) is 6.04 Å². The van der Waals surface area contributed by atoms with Crippen molar-refractivity contribution in [2.45, 2.75) is 123 Å². The van der Waals surface area contributed by atoms with E-state index in [1.807, 2.05) is 26.8 Å². The van der Waals surface area contributed by atoms with E-state index in [0.29, 0.717) is 50.5 Å². The molecule has 0 saturated heterocycles. The Kier molecular flexibility index (Phi) is 18.0. The fourth-order valence-electron chi connectivity index (χ4n) is 5.21. The van der Waals surface area contributed by atoms with Crippen LogP contribution in [0.5, 0.6) is 0 Å². The molecule has 1 aliphatic rings. The Balaban J connectivity index is 3.04. The van der Waals surface area contributed by atoms with Crippen molar-refractivity contribution in [3.63, 3.8) is 0 Å². The third-order valence-corrected chi connectivity index (χ3v) is 7.35. The summed E-state index contributed by atoms with van der Waals surface area (Å²) < 4.78 is 5.05. The number of nitrogens with one attached hydrogen (secondary N) is 3. The number of carbonyl (C=O) groups excluding carboxylic acids is 4. The number of unbranched alkanes of at least 4 members (excludes halogenated alkanes) is 1. The van der Waals surface area contributed by atoms with E-state index >= 15 is 0 Å². The van der Waals surface area contributed by atoms with Crippen LogP contribution in [0.3, 0.4) is 0 Å². The van der Waals surface area contributed by atoms with Gasteiger partial charge in [0.15, 0.2) is 0 Å². The summed E-state index contributed by atoms with van der Waals surface area (Å²) in [5, 5.41) is 8.67. The number of alkyl carbamates (subject to hydrolysis) is 1. The van der Waals surface area contributed by atoms with Crippen LogP contribution in [0.2, 0.25) is 0 Å². The lowest BCUT2D eigenvalue weighted by molar-refractivity contribution is -0.130. The molecule has 0 aromatic carbocycles. The number of nitrogens with two attached hydrogens (primary N) is 2. The van der Waals surface area contributed by atoms with Crippen molar-refractivity contribution in [1.29, 1.82) is 0 Å². The molecule has 1 aliphatic carbocycles. The van der Waals surface area contributed by atoms with Gasteiger partial charge in [-0.1, -0.05) is 71.4 Å². The number of carbonyl (C=O) groups is 4. The lowest BCUT2D eigenvalue weighted by Crippen LogP contribution is -2.55. The van der Waals surface area contributed by atoms with Gasteiger partial charge in [-0.3, -0.25) is 14.4 Å². The van der Waals surface area contributed by atoms with Gasteiger partial charge in [0.05, 0.1) is 12.5 Å². The van der Waals surface area contributed by atoms with Crippen molar-refractivity contribution in [2.24, 2.45) is 29.2 Å². The number of rotatable bonds is 19. The lowest BCUT2D eigenvalue weighted by atomic mass is 9.84. The first-order chi connectivity index (χ1) is 19.1. The third kappa shape index (κ3) is 14.7. The number of ether oxygens (including phenoxy) is 1. The molecule has 0 spiro atoms. The zero-order valence-corrected chi connectivity index (χ0v) is 25.2. The molecule has 0 aliphatic heterocycles. The molecule has 0 bridgehead atoms. The standard InChI is InChI=1S/C30H55N5O5/c1-5-12-24(17-16-23(27(32)36)19-21(3)4)33-28(37)25(15-10-11-18-31)34-29(38)26(35-30(39)40-6-2)20-22-13-8-7-9-14-22/h16-17,21-26H,5-15,18-20,31H2,1-4H3,(H2,32,36)(H,33,37)(H,34,38)(H,35,39)/b17-16+/t23-,24-,25-,26-/m0/s1. The van der Waals surface area contributed by atoms with Crippen LogP contribution in [-0.4, -0.2) is 55.1 Å². The molecule has 1 saturated carbocycles. The molecule has 1 rings (SSSR count). The predicted octanol–water partition coefficient (Wildman–Crippen LogP) is 3.67. The van der Waals surface area contributed by atoms with Gasteiger partial charge in [0.2, 0.25) is 17.7 Å². The van der Waals surface area contributed by atoms with E-state index < -0.39 is 30.0 Å². The molecular formula is C30H55N5O5. The third-order valence-electron chi connectivity index (χ3n) is 7.35. The first-order valence-corrected chi connectivity index (χ1v) is 15.3. The van der Waals surface area contributed by atoms with Crippen LogP contribution < -0.4 is 27.4 Å². The van der Waals surface area contributed by atoms with Crippen molar-refractivity contribution in [2.75, 3.05) is 13.2 Å². The summed E-state index contributed by atoms with van der Waals surface area (Å²) in [7, 11) is 0. The van der Waals surface area contributed by atoms with E-state index in [9.17, 15) is 19.2 Å². The fraction of sp³-hybridized carbons (Fsp3) is 0.800. The normalized spacial score (nSPS) is 17.1. The fourth-order valence-corrected chi connectivity index (χ4v) is 5.21. The van der Waals surface area contributed by atoms with Crippen molar-refractivity contribution in [3.8, 4) is 0 Å². The summed E-state index contributed by atoms with van der Waals surface area (Å²) in [6.45, 7) is 8.48. The summed E-state index contributed by atoms with van der Waals surface area (Å²) in [4.78, 5) is 51.1. The number of hydrogen-bond donors (Lipinski definition) is 5. The smallest absolute Gasteiger partial charge is 0.407 e. The van der Waals surface area contributed by atoms with E-state index in [4.69, 9.17) is 16.2 Å². The van der Waals surface area contributed by atoms with Gasteiger partial charge in [-0.15, -0.1) is 0 Å². The van der Waals surface area contributed by atoms with Crippen LogP contribution in [0, 0.1) is 17.8 Å². The number of hydrogen-bond acceptors (Lipinski definition) is 6. The summed E-state index contributed by atoms with van der Waals surface area (Å²) >= 11 is 0. The van der Waals surface area contributed by atoms with E-state index in [0.717, 1.165) is 38.5 Å². The average Bonchev–Trinajstić information content (AvgIpc) is 2.90. The second-order valence-corrected chi connectivity index (χ2v) is 11.4. The van der Waals surface area contributed by atoms with Gasteiger partial charge in [-0.05, 0) is 63.8 Å². The second kappa shape index (κ2) is 20.3. The summed E-state index contributed by atoms with van der Waals surface area (Å²) in [6.07, 6.45) is 12.9. The SMILES string of the molecule is CCC[C@@H](/C=C/[C@@H](CC(C)C)C(N)=O)NC(=O)[C@H](CCCCN)NC(=O)[C@H](CC1CCCCC1)NC(=O)OCC. The van der Waals surface area contributed by atoms with Crippen molar-refractivity contribution in [1.82, 2.24) is 16.0 Å². The van der Waals surface area contributed by atoms with Crippen LogP contribution in [-0.2, 0) is 19.1 Å². The molecule has 4 atom stereocenters. The van der Waals surface area contributed by atoms with E-state index in [-0.39, 0.29) is 24.5 Å². The molecule has 0 aromatic heterocycles. The van der Waals surface area contributed by atoms with Crippen LogP contribution in [0.25, 0.3) is 0 Å². The quantitative estimate of drug-likeness (QED) is 0.118. The molecule has 7 N–H and O–H groups in total. The Bertz CT molecular complexity index is 797. The maximum atomic E-state index is 13.5. The van der Waals surface area contributed by atoms with Crippen LogP contribution in [0.4, 0.5) is 4.79 Å². The van der Waals surface area contributed by atoms with Crippen LogP contribution in [0.1, 0.15) is 105 Å². The van der Waals surface area contributed by atoms with Gasteiger partial charge in [0.1, 0.15) is 12.1 Å². The Morgan fingerprint density at radius 2 is 1.57 bits per heavy atom. The Morgan fingerprint density at radius 3 is 2.15 bits per heavy atom. The highest BCUT2D eigenvalue weighted by atomic mass is 16.5. The van der Waals surface area contributed by atoms with E-state index in [1.54, 1.807) is 13.0 Å². The van der Waals surface area contributed by atoms with Crippen LogP contribution in [0.15, 0.2) is 12.2 Å². The van der Waals surface area contributed by atoms with Crippen LogP contribution >= 0.6 is 0 Å². The summed E-state index contributed by atoms with van der Waals surface area (Å²) in [6, 6.07) is -1.88. The minimum absolute atomic E-state index is 0.202. The van der Waals surface area contributed by atoms with Crippen molar-refractivity contribution >= 4 is 23.8 Å². The highest BCUT2D eigenvalue weighted by molar-refractivity contribution is 5.91. The molecule has 0 heterocycles. The predicted molar refractivity (Wildman–Crippen MR) is 158 cm³/mol. The molecule has 10 nitrogen and oxygen atoms in total. The Morgan fingerprint density at radius 1 is 0.900 bits per heavy atom. The van der Waals surface area contributed by atoms with E-state index in [2.05, 4.69) is 16.0 Å². The number of primary amides is 1. The van der Waals surface area contributed by atoms with Crippen molar-refractivity contribution in [3.05, 3.63) is 12.2 Å². The van der Waals surface area contributed by atoms with Gasteiger partial charge < -0.3 is 32.2 Å². The zero-order chi connectivity index (χ0) is 29.9. The molecule has 40 heavy (non-hydrogen) atoms. The lowest BCUT2D eigenvalue weighted by Gasteiger charge is -2.28. The summed E-state index contributed by atoms with van der Waals surface area (Å²) in [5.41, 5.74) is 11.3. The highest BCUT2D eigenvalue weighted by Gasteiger charge is 2.30. The first-order valence-electron chi connectivity index (χ1n) is 15.3.